The Balaban J connectivity index is 1.53. The van der Waals surface area contributed by atoms with E-state index in [9.17, 15) is 21.6 Å². The Bertz CT molecular complexity index is 1500. The first-order valence-corrected chi connectivity index (χ1v) is 14.3. The number of sulfonamides is 2. The molecule has 1 aliphatic heterocycles. The largest absolute Gasteiger partial charge is 0.496 e. The molecular formula is C25H27N3O7S2. The molecule has 12 heteroatoms. The van der Waals surface area contributed by atoms with E-state index in [0.717, 1.165) is 5.56 Å². The van der Waals surface area contributed by atoms with Gasteiger partial charge in [-0.05, 0) is 67.1 Å². The van der Waals surface area contributed by atoms with Crippen molar-refractivity contribution in [3.63, 3.8) is 0 Å². The molecule has 0 bridgehead atoms. The molecule has 0 saturated carbocycles. The SMILES string of the molecule is COc1ccc(S(=O)(=O)Nc2ccc(S(=O)(=O)Nc3cccc(C)c3)cc2)cc1C(=O)N1CCOCC1. The molecule has 0 radical (unpaired) electrons. The van der Waals surface area contributed by atoms with Gasteiger partial charge in [0.05, 0.1) is 35.7 Å². The van der Waals surface area contributed by atoms with Gasteiger partial charge in [-0.2, -0.15) is 0 Å². The maximum atomic E-state index is 13.1. The van der Waals surface area contributed by atoms with Crippen molar-refractivity contribution in [2.45, 2.75) is 16.7 Å². The second-order valence-electron chi connectivity index (χ2n) is 8.37. The number of rotatable bonds is 8. The highest BCUT2D eigenvalue weighted by atomic mass is 32.2. The van der Waals surface area contributed by atoms with Crippen LogP contribution < -0.4 is 14.2 Å². The summed E-state index contributed by atoms with van der Waals surface area (Å²) in [6.45, 7) is 3.44. The van der Waals surface area contributed by atoms with Crippen LogP contribution in [0.4, 0.5) is 11.4 Å². The van der Waals surface area contributed by atoms with Crippen LogP contribution in [0.2, 0.25) is 0 Å². The summed E-state index contributed by atoms with van der Waals surface area (Å²) in [4.78, 5) is 14.4. The molecular weight excluding hydrogens is 518 g/mol. The lowest BCUT2D eigenvalue weighted by Gasteiger charge is -2.27. The van der Waals surface area contributed by atoms with E-state index < -0.39 is 20.0 Å². The van der Waals surface area contributed by atoms with Crippen molar-refractivity contribution in [3.8, 4) is 5.75 Å². The number of anilines is 2. The highest BCUT2D eigenvalue weighted by Gasteiger charge is 2.25. The van der Waals surface area contributed by atoms with Gasteiger partial charge in [-0.15, -0.1) is 0 Å². The van der Waals surface area contributed by atoms with Gasteiger partial charge in [0.25, 0.3) is 26.0 Å². The van der Waals surface area contributed by atoms with Gasteiger partial charge in [0, 0.05) is 24.5 Å². The monoisotopic (exact) mass is 545 g/mol. The number of hydrogen-bond acceptors (Lipinski definition) is 7. The number of methoxy groups -OCH3 is 1. The van der Waals surface area contributed by atoms with E-state index in [1.165, 1.54) is 49.6 Å². The number of nitrogens with one attached hydrogen (secondary N) is 2. The number of hydrogen-bond donors (Lipinski definition) is 2. The normalized spacial score (nSPS) is 14.2. The number of carbonyl (C=O) groups excluding carboxylic acids is 1. The van der Waals surface area contributed by atoms with Gasteiger partial charge in [0.2, 0.25) is 0 Å². The topological polar surface area (TPSA) is 131 Å². The van der Waals surface area contributed by atoms with E-state index in [4.69, 9.17) is 9.47 Å². The third-order valence-electron chi connectivity index (χ3n) is 5.70. The molecule has 0 aliphatic carbocycles. The number of aryl methyl sites for hydroxylation is 1. The van der Waals surface area contributed by atoms with Crippen molar-refractivity contribution in [2.24, 2.45) is 0 Å². The van der Waals surface area contributed by atoms with E-state index in [1.807, 2.05) is 13.0 Å². The number of morpholine rings is 1. The van der Waals surface area contributed by atoms with Crippen molar-refractivity contribution >= 4 is 37.3 Å². The lowest BCUT2D eigenvalue weighted by Crippen LogP contribution is -2.40. The molecule has 0 unspecified atom stereocenters. The van der Waals surface area contributed by atoms with Crippen LogP contribution in [0, 0.1) is 6.92 Å². The molecule has 10 nitrogen and oxygen atoms in total. The highest BCUT2D eigenvalue weighted by Crippen LogP contribution is 2.26. The van der Waals surface area contributed by atoms with Gasteiger partial charge in [0.1, 0.15) is 5.75 Å². The molecule has 4 rings (SSSR count). The van der Waals surface area contributed by atoms with Gasteiger partial charge < -0.3 is 14.4 Å². The van der Waals surface area contributed by atoms with Crippen LogP contribution in [0.25, 0.3) is 0 Å². The lowest BCUT2D eigenvalue weighted by atomic mass is 10.1. The molecule has 0 atom stereocenters. The minimum Gasteiger partial charge on any atom is -0.496 e. The Labute approximate surface area is 216 Å². The summed E-state index contributed by atoms with van der Waals surface area (Å²) in [5, 5.41) is 0. The predicted octanol–water partition coefficient (Wildman–Crippen LogP) is 3.08. The second kappa shape index (κ2) is 10.8. The van der Waals surface area contributed by atoms with Crippen LogP contribution in [-0.2, 0) is 24.8 Å². The molecule has 1 heterocycles. The number of amides is 1. The van der Waals surface area contributed by atoms with Crippen LogP contribution in [0.5, 0.6) is 5.75 Å². The molecule has 1 saturated heterocycles. The Morgan fingerprint density at radius 2 is 1.46 bits per heavy atom. The molecule has 0 spiro atoms. The predicted molar refractivity (Wildman–Crippen MR) is 139 cm³/mol. The zero-order valence-electron chi connectivity index (χ0n) is 20.3. The third-order valence-corrected chi connectivity index (χ3v) is 8.47. The molecule has 37 heavy (non-hydrogen) atoms. The molecule has 3 aromatic rings. The smallest absolute Gasteiger partial charge is 0.261 e. The molecule has 1 amide bonds. The van der Waals surface area contributed by atoms with E-state index >= 15 is 0 Å². The summed E-state index contributed by atoms with van der Waals surface area (Å²) in [5.41, 5.74) is 1.60. The summed E-state index contributed by atoms with van der Waals surface area (Å²) < 4.78 is 67.1. The van der Waals surface area contributed by atoms with Gasteiger partial charge in [-0.3, -0.25) is 14.2 Å². The summed E-state index contributed by atoms with van der Waals surface area (Å²) >= 11 is 0. The summed E-state index contributed by atoms with van der Waals surface area (Å²) in [5.74, 6) is -0.0982. The van der Waals surface area contributed by atoms with Crippen LogP contribution in [-0.4, -0.2) is 61.1 Å². The Morgan fingerprint density at radius 3 is 2.11 bits per heavy atom. The zero-order valence-corrected chi connectivity index (χ0v) is 21.9. The molecule has 2 N–H and O–H groups in total. The van der Waals surface area contributed by atoms with Crippen LogP contribution >= 0.6 is 0 Å². The van der Waals surface area contributed by atoms with Gasteiger partial charge in [-0.1, -0.05) is 12.1 Å². The number of carbonyl (C=O) groups is 1. The second-order valence-corrected chi connectivity index (χ2v) is 11.7. The maximum Gasteiger partial charge on any atom is 0.261 e. The first kappa shape index (κ1) is 26.5. The average Bonchev–Trinajstić information content (AvgIpc) is 2.88. The van der Waals surface area contributed by atoms with Crippen LogP contribution in [0.15, 0.2) is 76.5 Å². The molecule has 1 aliphatic rings. The highest BCUT2D eigenvalue weighted by molar-refractivity contribution is 7.93. The van der Waals surface area contributed by atoms with Crippen molar-refractivity contribution in [1.29, 1.82) is 0 Å². The zero-order chi connectivity index (χ0) is 26.6. The van der Waals surface area contributed by atoms with Crippen LogP contribution in [0.1, 0.15) is 15.9 Å². The quantitative estimate of drug-likeness (QED) is 0.445. The fraction of sp³-hybridized carbons (Fsp3) is 0.240. The fourth-order valence-electron chi connectivity index (χ4n) is 3.80. The van der Waals surface area contributed by atoms with Gasteiger partial charge in [0.15, 0.2) is 0 Å². The van der Waals surface area contributed by atoms with Crippen molar-refractivity contribution in [3.05, 3.63) is 77.9 Å². The minimum atomic E-state index is -4.09. The first-order valence-electron chi connectivity index (χ1n) is 11.4. The maximum absolute atomic E-state index is 13.1. The number of benzene rings is 3. The Hall–Kier alpha value is -3.61. The summed E-state index contributed by atoms with van der Waals surface area (Å²) in [6, 6.07) is 16.3. The minimum absolute atomic E-state index is 0.0280. The van der Waals surface area contributed by atoms with Crippen molar-refractivity contribution in [2.75, 3.05) is 42.9 Å². The third kappa shape index (κ3) is 6.21. The molecule has 3 aromatic carbocycles. The standard InChI is InChI=1S/C25H27N3O7S2/c1-18-4-3-5-20(16-18)27-36(30,31)21-8-6-19(7-9-21)26-37(32,33)22-10-11-24(34-2)23(17-22)25(29)28-12-14-35-15-13-28/h3-11,16-17,26-27H,12-15H2,1-2H3. The molecule has 196 valence electrons. The first-order chi connectivity index (χ1) is 17.6. The lowest BCUT2D eigenvalue weighted by molar-refractivity contribution is 0.0300. The van der Waals surface area contributed by atoms with Crippen molar-refractivity contribution < 1.29 is 31.1 Å². The number of nitrogens with zero attached hydrogens (tertiary/aromatic N) is 1. The van der Waals surface area contributed by atoms with Gasteiger partial charge in [-0.25, -0.2) is 16.8 Å². The van der Waals surface area contributed by atoms with Crippen molar-refractivity contribution in [1.82, 2.24) is 4.90 Å². The van der Waals surface area contributed by atoms with E-state index in [-0.39, 0.29) is 32.7 Å². The summed E-state index contributed by atoms with van der Waals surface area (Å²) in [7, 11) is -6.56. The Kier molecular flexibility index (Phi) is 7.71. The summed E-state index contributed by atoms with van der Waals surface area (Å²) in [6.07, 6.45) is 0. The van der Waals surface area contributed by atoms with E-state index in [1.54, 1.807) is 23.1 Å². The van der Waals surface area contributed by atoms with Gasteiger partial charge >= 0.3 is 0 Å². The van der Waals surface area contributed by atoms with E-state index in [0.29, 0.717) is 32.0 Å². The van der Waals surface area contributed by atoms with E-state index in [2.05, 4.69) is 9.44 Å². The Morgan fingerprint density at radius 1 is 0.838 bits per heavy atom. The number of ether oxygens (including phenoxy) is 2. The molecule has 1 fully saturated rings. The average molecular weight is 546 g/mol. The van der Waals surface area contributed by atoms with Crippen LogP contribution in [0.3, 0.4) is 0 Å². The fourth-order valence-corrected chi connectivity index (χ4v) is 5.93. The molecule has 0 aromatic heterocycles.